The van der Waals surface area contributed by atoms with Crippen LogP contribution in [0.3, 0.4) is 0 Å². The highest BCUT2D eigenvalue weighted by Crippen LogP contribution is 2.59. The van der Waals surface area contributed by atoms with Gasteiger partial charge in [0.1, 0.15) is 17.4 Å². The van der Waals surface area contributed by atoms with Gasteiger partial charge in [-0.25, -0.2) is 0 Å². The van der Waals surface area contributed by atoms with Crippen LogP contribution in [-0.2, 0) is 19.1 Å². The zero-order valence-electron chi connectivity index (χ0n) is 27.4. The third-order valence-electron chi connectivity index (χ3n) is 9.70. The lowest BCUT2D eigenvalue weighted by Gasteiger charge is -2.37. The molecular formula is C37H46ClN3O6. The van der Waals surface area contributed by atoms with Crippen molar-refractivity contribution in [1.82, 2.24) is 4.90 Å². The van der Waals surface area contributed by atoms with Crippen LogP contribution in [0.25, 0.3) is 0 Å². The monoisotopic (exact) mass is 663 g/mol. The van der Waals surface area contributed by atoms with Gasteiger partial charge in [-0.15, -0.1) is 13.2 Å². The number of carbonyl (C=O) groups is 3. The molecular weight excluding hydrogens is 618 g/mol. The summed E-state index contributed by atoms with van der Waals surface area (Å²) in [6.45, 7) is 13.0. The number of aryl methyl sites for hydroxylation is 1. The Labute approximate surface area is 282 Å². The Kier molecular flexibility index (Phi) is 11.1. The largest absolute Gasteiger partial charge is 0.494 e. The van der Waals surface area contributed by atoms with E-state index in [9.17, 15) is 19.5 Å². The number of rotatable bonds is 16. The van der Waals surface area contributed by atoms with Crippen molar-refractivity contribution in [3.05, 3.63) is 78.4 Å². The molecule has 0 aromatic heterocycles. The van der Waals surface area contributed by atoms with Crippen LogP contribution in [0, 0.1) is 18.8 Å². The van der Waals surface area contributed by atoms with E-state index in [1.54, 1.807) is 32.9 Å². The van der Waals surface area contributed by atoms with Gasteiger partial charge < -0.3 is 29.3 Å². The number of anilines is 2. The molecule has 1 spiro atoms. The quantitative estimate of drug-likeness (QED) is 0.182. The van der Waals surface area contributed by atoms with Crippen molar-refractivity contribution in [1.29, 1.82) is 0 Å². The minimum absolute atomic E-state index is 0.108. The molecule has 10 heteroatoms. The van der Waals surface area contributed by atoms with E-state index in [1.165, 1.54) is 0 Å². The van der Waals surface area contributed by atoms with Crippen molar-refractivity contribution >= 4 is 40.7 Å². The number of aliphatic hydroxyl groups excluding tert-OH is 1. The van der Waals surface area contributed by atoms with Crippen LogP contribution in [0.15, 0.2) is 67.8 Å². The maximum atomic E-state index is 14.9. The summed E-state index contributed by atoms with van der Waals surface area (Å²) >= 11 is 6.68. The van der Waals surface area contributed by atoms with Crippen molar-refractivity contribution in [3.8, 4) is 5.75 Å². The number of para-hydroxylation sites is 1. The number of benzene rings is 2. The molecule has 1 N–H and O–H groups in total. The summed E-state index contributed by atoms with van der Waals surface area (Å²) in [5.74, 6) is -1.62. The van der Waals surface area contributed by atoms with Crippen molar-refractivity contribution in [2.75, 3.05) is 42.6 Å². The predicted octanol–water partition coefficient (Wildman–Crippen LogP) is 5.71. The molecule has 3 aliphatic heterocycles. The Morgan fingerprint density at radius 1 is 1.06 bits per heavy atom. The van der Waals surface area contributed by atoms with E-state index in [1.807, 2.05) is 50.2 Å². The Balaban J connectivity index is 1.53. The zero-order valence-corrected chi connectivity index (χ0v) is 28.2. The summed E-state index contributed by atoms with van der Waals surface area (Å²) in [7, 11) is 0. The molecule has 5 atom stereocenters. The highest BCUT2D eigenvalue weighted by molar-refractivity contribution is 6.34. The van der Waals surface area contributed by atoms with E-state index < -0.39 is 29.6 Å². The van der Waals surface area contributed by atoms with Gasteiger partial charge in [0.15, 0.2) is 0 Å². The first-order chi connectivity index (χ1) is 22.7. The molecule has 3 saturated heterocycles. The lowest BCUT2D eigenvalue weighted by atomic mass is 9.70. The Morgan fingerprint density at radius 3 is 2.43 bits per heavy atom. The number of carbonyl (C=O) groups excluding carboxylic acids is 3. The smallest absolute Gasteiger partial charge is 0.253 e. The van der Waals surface area contributed by atoms with E-state index in [0.29, 0.717) is 61.0 Å². The maximum Gasteiger partial charge on any atom is 0.253 e. The summed E-state index contributed by atoms with van der Waals surface area (Å²) in [5, 5.41) is 9.69. The summed E-state index contributed by atoms with van der Waals surface area (Å²) in [6, 6.07) is 11.8. The summed E-state index contributed by atoms with van der Waals surface area (Å²) in [6.07, 6.45) is 6.80. The normalized spacial score (nSPS) is 24.3. The number of hydrogen-bond acceptors (Lipinski definition) is 6. The summed E-state index contributed by atoms with van der Waals surface area (Å²) < 4.78 is 12.3. The first-order valence-electron chi connectivity index (χ1n) is 16.7. The van der Waals surface area contributed by atoms with Gasteiger partial charge in [0.2, 0.25) is 11.8 Å². The van der Waals surface area contributed by atoms with Crippen molar-refractivity contribution in [2.24, 2.45) is 11.8 Å². The first-order valence-corrected chi connectivity index (χ1v) is 17.0. The molecule has 5 rings (SSSR count). The van der Waals surface area contributed by atoms with E-state index in [0.717, 1.165) is 18.4 Å². The van der Waals surface area contributed by atoms with Crippen LogP contribution < -0.4 is 14.5 Å². The highest BCUT2D eigenvalue weighted by atomic mass is 35.5. The van der Waals surface area contributed by atoms with Gasteiger partial charge in [-0.05, 0) is 75.4 Å². The third kappa shape index (κ3) is 6.45. The molecule has 2 aromatic rings. The Hall–Kier alpha value is -3.66. The van der Waals surface area contributed by atoms with Gasteiger partial charge in [-0.1, -0.05) is 48.7 Å². The van der Waals surface area contributed by atoms with E-state index in [-0.39, 0.29) is 37.4 Å². The highest BCUT2D eigenvalue weighted by Gasteiger charge is 2.75. The predicted molar refractivity (Wildman–Crippen MR) is 184 cm³/mol. The number of nitrogens with zero attached hydrogens (tertiary/aromatic N) is 3. The molecule has 2 bridgehead atoms. The average molecular weight is 664 g/mol. The van der Waals surface area contributed by atoms with Crippen LogP contribution in [0.4, 0.5) is 11.4 Å². The minimum Gasteiger partial charge on any atom is -0.494 e. The van der Waals surface area contributed by atoms with E-state index >= 15 is 0 Å². The molecule has 2 unspecified atom stereocenters. The summed E-state index contributed by atoms with van der Waals surface area (Å²) in [5.41, 5.74) is 0.904. The van der Waals surface area contributed by atoms with Gasteiger partial charge in [-0.3, -0.25) is 14.4 Å². The molecule has 3 amide bonds. The number of amides is 3. The van der Waals surface area contributed by atoms with Crippen LogP contribution in [0.5, 0.6) is 5.75 Å². The van der Waals surface area contributed by atoms with Crippen molar-refractivity contribution in [2.45, 2.75) is 70.1 Å². The molecule has 9 nitrogen and oxygen atoms in total. The van der Waals surface area contributed by atoms with E-state index in [2.05, 4.69) is 13.2 Å². The molecule has 47 heavy (non-hydrogen) atoms. The second kappa shape index (κ2) is 15.0. The van der Waals surface area contributed by atoms with Crippen LogP contribution in [0.1, 0.15) is 51.0 Å². The molecule has 3 heterocycles. The molecule has 2 aromatic carbocycles. The molecule has 0 radical (unpaired) electrons. The number of unbranched alkanes of at least 4 members (excludes halogenated alkanes) is 3. The van der Waals surface area contributed by atoms with Crippen LogP contribution >= 0.6 is 11.6 Å². The van der Waals surface area contributed by atoms with Gasteiger partial charge >= 0.3 is 0 Å². The third-order valence-corrected chi connectivity index (χ3v) is 10.0. The van der Waals surface area contributed by atoms with Gasteiger partial charge in [0.25, 0.3) is 5.91 Å². The van der Waals surface area contributed by atoms with Crippen molar-refractivity contribution < 1.29 is 29.0 Å². The number of ether oxygens (including phenoxy) is 2. The molecule has 252 valence electrons. The molecule has 3 fully saturated rings. The first kappa shape index (κ1) is 34.7. The molecule has 3 aliphatic rings. The Morgan fingerprint density at radius 2 is 1.77 bits per heavy atom. The molecule has 0 saturated carbocycles. The topological polar surface area (TPSA) is 99.6 Å². The van der Waals surface area contributed by atoms with Crippen LogP contribution in [-0.4, -0.2) is 78.3 Å². The fourth-order valence-corrected chi connectivity index (χ4v) is 8.08. The fraction of sp³-hybridized carbons (Fsp3) is 0.486. The fourth-order valence-electron chi connectivity index (χ4n) is 7.76. The molecule has 0 aliphatic carbocycles. The SMILES string of the molecule is C=CCN(C(=O)[C@@H]1[C@@H]2CCC3(O2)C(C(=O)N(CC=C)c2c(C)cccc2Cl)N(CCCCCCO)C(=O)[C@H]13)c1ccc(OCC)cc1. The van der Waals surface area contributed by atoms with Crippen LogP contribution in [0.2, 0.25) is 5.02 Å². The van der Waals surface area contributed by atoms with E-state index in [4.69, 9.17) is 21.1 Å². The summed E-state index contributed by atoms with van der Waals surface area (Å²) in [4.78, 5) is 48.9. The second-order valence-corrected chi connectivity index (χ2v) is 12.9. The average Bonchev–Trinajstić information content (AvgIpc) is 3.70. The number of fused-ring (bicyclic) bond motifs is 1. The van der Waals surface area contributed by atoms with Gasteiger partial charge in [-0.2, -0.15) is 0 Å². The number of hydrogen-bond donors (Lipinski definition) is 1. The number of likely N-dealkylation sites (tertiary alicyclic amines) is 1. The van der Waals surface area contributed by atoms with Gasteiger partial charge in [0.05, 0.1) is 35.3 Å². The lowest BCUT2D eigenvalue weighted by Crippen LogP contribution is -2.57. The second-order valence-electron chi connectivity index (χ2n) is 12.5. The Bertz CT molecular complexity index is 1460. The number of aliphatic hydroxyl groups is 1. The van der Waals surface area contributed by atoms with Gasteiger partial charge in [0, 0.05) is 31.9 Å². The standard InChI is InChI=1S/C37H46ClN3O6/c1-5-21-39(26-15-17-27(18-16-26)46-7-3)34(43)30-29-19-20-37(47-29)31(30)35(44)41(23-10-8-9-11-24-42)33(37)36(45)40(22-6-2)32-25(4)13-12-14-28(32)38/h5-6,12-18,29-31,33,42H,1-2,7-11,19-24H2,3-4H3/t29-,30+,31-,33?,37?/m0/s1. The van der Waals surface area contributed by atoms with Crippen molar-refractivity contribution in [3.63, 3.8) is 0 Å². The lowest BCUT2D eigenvalue weighted by molar-refractivity contribution is -0.140. The minimum atomic E-state index is -1.16. The number of halogens is 1. The maximum absolute atomic E-state index is 14.9. The zero-order chi connectivity index (χ0) is 33.7.